The lowest BCUT2D eigenvalue weighted by molar-refractivity contribution is 0.171. The molecule has 18 heavy (non-hydrogen) atoms. The number of ether oxygens (including phenoxy) is 1. The van der Waals surface area contributed by atoms with Gasteiger partial charge in [-0.3, -0.25) is 4.98 Å². The number of carbonyl (C=O) groups excluding carboxylic acids is 1. The maximum absolute atomic E-state index is 10.9. The van der Waals surface area contributed by atoms with E-state index in [0.717, 1.165) is 11.0 Å². The first-order valence-corrected chi connectivity index (χ1v) is 5.31. The van der Waals surface area contributed by atoms with Crippen LogP contribution in [0.1, 0.15) is 12.6 Å². The van der Waals surface area contributed by atoms with Gasteiger partial charge in [-0.1, -0.05) is 12.1 Å². The van der Waals surface area contributed by atoms with Crippen LogP contribution in [0.2, 0.25) is 0 Å². The Morgan fingerprint density at radius 3 is 2.78 bits per heavy atom. The van der Waals surface area contributed by atoms with Crippen molar-refractivity contribution in [3.63, 3.8) is 0 Å². The summed E-state index contributed by atoms with van der Waals surface area (Å²) >= 11 is 0. The van der Waals surface area contributed by atoms with E-state index in [2.05, 4.69) is 25.2 Å². The lowest BCUT2D eigenvalue weighted by Crippen LogP contribution is -2.19. The Balaban J connectivity index is 2.27. The summed E-state index contributed by atoms with van der Waals surface area (Å²) in [5.74, 6) is 0. The molecule has 1 aromatic heterocycles. The number of hydrazone groups is 1. The molecule has 0 spiro atoms. The van der Waals surface area contributed by atoms with Crippen LogP contribution >= 0.6 is 0 Å². The van der Waals surface area contributed by atoms with E-state index in [1.54, 1.807) is 13.1 Å². The second-order valence-electron chi connectivity index (χ2n) is 3.54. The van der Waals surface area contributed by atoms with Gasteiger partial charge in [-0.05, 0) is 19.1 Å². The first kappa shape index (κ1) is 12.0. The monoisotopic (exact) mass is 244 g/mol. The fourth-order valence-corrected chi connectivity index (χ4v) is 1.36. The molecule has 1 heterocycles. The molecule has 0 aliphatic carbocycles. The third-order valence-corrected chi connectivity index (χ3v) is 2.32. The van der Waals surface area contributed by atoms with Gasteiger partial charge in [0.15, 0.2) is 0 Å². The standard InChI is InChI=1S/C12H12N4O2/c1-8(15-16-12(17)18-2)11-7-13-9-5-3-4-6-10(9)14-11/h3-7H,1-2H3,(H,16,17)/b15-8-. The van der Waals surface area contributed by atoms with Gasteiger partial charge in [-0.25, -0.2) is 15.2 Å². The van der Waals surface area contributed by atoms with Crippen LogP contribution in [-0.2, 0) is 4.74 Å². The van der Waals surface area contributed by atoms with Crippen LogP contribution < -0.4 is 5.43 Å². The summed E-state index contributed by atoms with van der Waals surface area (Å²) in [7, 11) is 1.27. The molecule has 0 aliphatic rings. The van der Waals surface area contributed by atoms with Crippen molar-refractivity contribution < 1.29 is 9.53 Å². The van der Waals surface area contributed by atoms with E-state index in [4.69, 9.17) is 0 Å². The van der Waals surface area contributed by atoms with Crippen LogP contribution in [-0.4, -0.2) is 28.9 Å². The molecule has 0 saturated carbocycles. The fraction of sp³-hybridized carbons (Fsp3) is 0.167. The minimum atomic E-state index is -0.622. The summed E-state index contributed by atoms with van der Waals surface area (Å²) < 4.78 is 4.41. The average Bonchev–Trinajstić information content (AvgIpc) is 2.43. The Bertz CT molecular complexity index is 610. The predicted octanol–water partition coefficient (Wildman–Crippen LogP) is 1.71. The Labute approximate surface area is 104 Å². The number of para-hydroxylation sites is 2. The van der Waals surface area contributed by atoms with E-state index < -0.39 is 6.09 Å². The van der Waals surface area contributed by atoms with Gasteiger partial charge in [0.1, 0.15) is 5.69 Å². The molecule has 0 atom stereocenters. The largest absolute Gasteiger partial charge is 0.452 e. The molecule has 0 fully saturated rings. The van der Waals surface area contributed by atoms with Crippen LogP contribution in [0.5, 0.6) is 0 Å². The highest BCUT2D eigenvalue weighted by molar-refractivity contribution is 5.98. The molecule has 0 saturated heterocycles. The van der Waals surface area contributed by atoms with E-state index in [0.29, 0.717) is 11.4 Å². The number of rotatable bonds is 2. The lowest BCUT2D eigenvalue weighted by atomic mass is 10.2. The van der Waals surface area contributed by atoms with Crippen LogP contribution in [0.25, 0.3) is 11.0 Å². The van der Waals surface area contributed by atoms with E-state index in [9.17, 15) is 4.79 Å². The van der Waals surface area contributed by atoms with Crippen molar-refractivity contribution in [2.24, 2.45) is 5.10 Å². The highest BCUT2D eigenvalue weighted by Crippen LogP contribution is 2.08. The second-order valence-corrected chi connectivity index (χ2v) is 3.54. The average molecular weight is 244 g/mol. The smallest absolute Gasteiger partial charge is 0.427 e. The third-order valence-electron chi connectivity index (χ3n) is 2.32. The van der Waals surface area contributed by atoms with Gasteiger partial charge in [0.05, 0.1) is 30.1 Å². The Hall–Kier alpha value is -2.50. The predicted molar refractivity (Wildman–Crippen MR) is 67.3 cm³/mol. The van der Waals surface area contributed by atoms with E-state index in [1.165, 1.54) is 7.11 Å². The van der Waals surface area contributed by atoms with E-state index >= 15 is 0 Å². The summed E-state index contributed by atoms with van der Waals surface area (Å²) in [5.41, 5.74) is 4.99. The number of nitrogens with zero attached hydrogens (tertiary/aromatic N) is 3. The number of nitrogens with one attached hydrogen (secondary N) is 1. The van der Waals surface area contributed by atoms with Crippen molar-refractivity contribution in [3.05, 3.63) is 36.2 Å². The van der Waals surface area contributed by atoms with E-state index in [-0.39, 0.29) is 0 Å². The highest BCUT2D eigenvalue weighted by Gasteiger charge is 2.03. The molecule has 1 aromatic carbocycles. The lowest BCUT2D eigenvalue weighted by Gasteiger charge is -2.02. The van der Waals surface area contributed by atoms with E-state index in [1.807, 2.05) is 24.3 Å². The van der Waals surface area contributed by atoms with Crippen LogP contribution in [0, 0.1) is 0 Å². The number of carbonyl (C=O) groups is 1. The number of amides is 1. The van der Waals surface area contributed by atoms with Crippen molar-refractivity contribution in [2.75, 3.05) is 7.11 Å². The summed E-state index contributed by atoms with van der Waals surface area (Å²) in [6.07, 6.45) is 0.989. The topological polar surface area (TPSA) is 76.5 Å². The third kappa shape index (κ3) is 2.60. The highest BCUT2D eigenvalue weighted by atomic mass is 16.5. The molecular weight excluding hydrogens is 232 g/mol. The zero-order chi connectivity index (χ0) is 13.0. The molecule has 6 nitrogen and oxygen atoms in total. The summed E-state index contributed by atoms with van der Waals surface area (Å²) in [6, 6.07) is 7.54. The number of hydrogen-bond acceptors (Lipinski definition) is 5. The molecule has 92 valence electrons. The van der Waals surface area contributed by atoms with Gasteiger partial charge in [0.25, 0.3) is 0 Å². The molecule has 0 radical (unpaired) electrons. The fourth-order valence-electron chi connectivity index (χ4n) is 1.36. The van der Waals surface area contributed by atoms with Crippen LogP contribution in [0.4, 0.5) is 4.79 Å². The molecule has 6 heteroatoms. The normalized spacial score (nSPS) is 11.3. The van der Waals surface area contributed by atoms with Gasteiger partial charge >= 0.3 is 6.09 Å². The molecule has 1 N–H and O–H groups in total. The number of hydrogen-bond donors (Lipinski definition) is 1. The maximum atomic E-state index is 10.9. The maximum Gasteiger partial charge on any atom is 0.427 e. The first-order chi connectivity index (χ1) is 8.70. The summed E-state index contributed by atoms with van der Waals surface area (Å²) in [4.78, 5) is 19.5. The zero-order valence-electron chi connectivity index (χ0n) is 10.0. The molecule has 0 unspecified atom stereocenters. The first-order valence-electron chi connectivity index (χ1n) is 5.31. The molecular formula is C12H12N4O2. The molecule has 2 rings (SSSR count). The van der Waals surface area contributed by atoms with Gasteiger partial charge in [-0.15, -0.1) is 0 Å². The molecule has 2 aromatic rings. The molecule has 0 bridgehead atoms. The van der Waals surface area contributed by atoms with Crippen molar-refractivity contribution in [1.29, 1.82) is 0 Å². The minimum absolute atomic E-state index is 0.554. The minimum Gasteiger partial charge on any atom is -0.452 e. The van der Waals surface area contributed by atoms with Gasteiger partial charge in [0.2, 0.25) is 0 Å². The Morgan fingerprint density at radius 2 is 2.06 bits per heavy atom. The number of fused-ring (bicyclic) bond motifs is 1. The van der Waals surface area contributed by atoms with Crippen LogP contribution in [0.3, 0.4) is 0 Å². The van der Waals surface area contributed by atoms with Crippen molar-refractivity contribution in [1.82, 2.24) is 15.4 Å². The van der Waals surface area contributed by atoms with Gasteiger partial charge < -0.3 is 4.74 Å². The molecule has 1 amide bonds. The van der Waals surface area contributed by atoms with Crippen molar-refractivity contribution >= 4 is 22.8 Å². The summed E-state index contributed by atoms with van der Waals surface area (Å²) in [6.45, 7) is 1.73. The Morgan fingerprint density at radius 1 is 1.33 bits per heavy atom. The number of methoxy groups -OCH3 is 1. The number of aromatic nitrogens is 2. The molecule has 0 aliphatic heterocycles. The van der Waals surface area contributed by atoms with Crippen molar-refractivity contribution in [3.8, 4) is 0 Å². The van der Waals surface area contributed by atoms with Gasteiger partial charge in [0, 0.05) is 0 Å². The zero-order valence-corrected chi connectivity index (χ0v) is 10.0. The second kappa shape index (κ2) is 5.22. The Kier molecular flexibility index (Phi) is 3.47. The van der Waals surface area contributed by atoms with Crippen molar-refractivity contribution in [2.45, 2.75) is 6.92 Å². The van der Waals surface area contributed by atoms with Gasteiger partial charge in [-0.2, -0.15) is 5.10 Å². The van der Waals surface area contributed by atoms with Crippen LogP contribution in [0.15, 0.2) is 35.6 Å². The summed E-state index contributed by atoms with van der Waals surface area (Å²) in [5, 5.41) is 3.86. The quantitative estimate of drug-likeness (QED) is 0.644. The number of benzene rings is 1. The SMILES string of the molecule is COC(=O)N/N=C(/C)c1cnc2ccccc2n1.